The lowest BCUT2D eigenvalue weighted by Gasteiger charge is -2.28. The van der Waals surface area contributed by atoms with Gasteiger partial charge in [-0.05, 0) is 12.8 Å². The second kappa shape index (κ2) is 5.49. The number of carbonyl (C=O) groups is 1. The molecule has 0 aromatic rings. The van der Waals surface area contributed by atoms with Crippen LogP contribution in [0.15, 0.2) is 0 Å². The summed E-state index contributed by atoms with van der Waals surface area (Å²) in [7, 11) is 0. The number of rotatable bonds is 4. The first kappa shape index (κ1) is 13.2. The molecule has 0 aliphatic carbocycles. The van der Waals surface area contributed by atoms with Crippen LogP contribution < -0.4 is 5.32 Å². The molecule has 1 rings (SSSR count). The number of ether oxygens (including phenoxy) is 1. The van der Waals surface area contributed by atoms with E-state index in [1.54, 1.807) is 0 Å². The van der Waals surface area contributed by atoms with E-state index < -0.39 is 30.7 Å². The van der Waals surface area contributed by atoms with E-state index in [0.717, 1.165) is 0 Å². The molecule has 1 saturated heterocycles. The lowest BCUT2D eigenvalue weighted by Crippen LogP contribution is -2.48. The SMILES string of the molecule is O=C(O)C(NCC(F)(F)F)C1CCCOC1. The number of hydrogen-bond acceptors (Lipinski definition) is 3. The van der Waals surface area contributed by atoms with Gasteiger partial charge in [-0.3, -0.25) is 10.1 Å². The van der Waals surface area contributed by atoms with Crippen LogP contribution in [0.5, 0.6) is 0 Å². The molecule has 0 saturated carbocycles. The average molecular weight is 241 g/mol. The van der Waals surface area contributed by atoms with Gasteiger partial charge in [-0.2, -0.15) is 13.2 Å². The van der Waals surface area contributed by atoms with E-state index in [1.807, 2.05) is 5.32 Å². The third-order valence-corrected chi connectivity index (χ3v) is 2.46. The van der Waals surface area contributed by atoms with Crippen molar-refractivity contribution in [3.8, 4) is 0 Å². The third-order valence-electron chi connectivity index (χ3n) is 2.46. The minimum absolute atomic E-state index is 0.196. The Kier molecular flexibility index (Phi) is 4.55. The van der Waals surface area contributed by atoms with Crippen molar-refractivity contribution in [2.24, 2.45) is 5.92 Å². The Balaban J connectivity index is 2.49. The van der Waals surface area contributed by atoms with Gasteiger partial charge < -0.3 is 9.84 Å². The van der Waals surface area contributed by atoms with Crippen LogP contribution in [0.1, 0.15) is 12.8 Å². The van der Waals surface area contributed by atoms with Gasteiger partial charge >= 0.3 is 12.1 Å². The van der Waals surface area contributed by atoms with Crippen LogP contribution >= 0.6 is 0 Å². The van der Waals surface area contributed by atoms with Crippen molar-refractivity contribution >= 4 is 5.97 Å². The average Bonchev–Trinajstić information content (AvgIpc) is 2.17. The van der Waals surface area contributed by atoms with E-state index in [9.17, 15) is 18.0 Å². The summed E-state index contributed by atoms with van der Waals surface area (Å²) in [5.74, 6) is -1.66. The minimum Gasteiger partial charge on any atom is -0.480 e. The van der Waals surface area contributed by atoms with Crippen LogP contribution in [-0.4, -0.2) is 43.1 Å². The molecule has 0 bridgehead atoms. The third kappa shape index (κ3) is 4.36. The van der Waals surface area contributed by atoms with Crippen molar-refractivity contribution in [1.82, 2.24) is 5.32 Å². The van der Waals surface area contributed by atoms with E-state index in [1.165, 1.54) is 0 Å². The predicted octanol–water partition coefficient (Wildman–Crippen LogP) is 1.02. The second-order valence-electron chi connectivity index (χ2n) is 3.79. The van der Waals surface area contributed by atoms with Gasteiger partial charge in [0, 0.05) is 12.5 Å². The molecule has 94 valence electrons. The maximum absolute atomic E-state index is 12.0. The van der Waals surface area contributed by atoms with Gasteiger partial charge in [0.05, 0.1) is 13.2 Å². The number of carboxylic acids is 1. The molecule has 1 heterocycles. The Morgan fingerprint density at radius 1 is 1.56 bits per heavy atom. The standard InChI is InChI=1S/C9H14F3NO3/c10-9(11,12)5-13-7(8(14)15)6-2-1-3-16-4-6/h6-7,13H,1-5H2,(H,14,15). The normalized spacial score (nSPS) is 24.1. The van der Waals surface area contributed by atoms with Crippen molar-refractivity contribution < 1.29 is 27.8 Å². The number of carboxylic acid groups (broad SMARTS) is 1. The van der Waals surface area contributed by atoms with Crippen molar-refractivity contribution in [2.75, 3.05) is 19.8 Å². The highest BCUT2D eigenvalue weighted by atomic mass is 19.4. The molecular formula is C9H14F3NO3. The van der Waals surface area contributed by atoms with Gasteiger partial charge in [-0.1, -0.05) is 0 Å². The van der Waals surface area contributed by atoms with Crippen LogP contribution in [-0.2, 0) is 9.53 Å². The highest BCUT2D eigenvalue weighted by molar-refractivity contribution is 5.73. The summed E-state index contributed by atoms with van der Waals surface area (Å²) in [4.78, 5) is 10.8. The van der Waals surface area contributed by atoms with Gasteiger partial charge in [0.15, 0.2) is 0 Å². The van der Waals surface area contributed by atoms with Crippen molar-refractivity contribution in [3.63, 3.8) is 0 Å². The fraction of sp³-hybridized carbons (Fsp3) is 0.889. The number of hydrogen-bond donors (Lipinski definition) is 2. The number of halogens is 3. The smallest absolute Gasteiger partial charge is 0.401 e. The van der Waals surface area contributed by atoms with Crippen molar-refractivity contribution in [3.05, 3.63) is 0 Å². The molecule has 4 nitrogen and oxygen atoms in total. The summed E-state index contributed by atoms with van der Waals surface area (Å²) < 4.78 is 40.9. The zero-order valence-corrected chi connectivity index (χ0v) is 8.59. The molecule has 16 heavy (non-hydrogen) atoms. The van der Waals surface area contributed by atoms with Crippen LogP contribution in [0.2, 0.25) is 0 Å². The summed E-state index contributed by atoms with van der Waals surface area (Å²) in [6.45, 7) is -0.551. The van der Waals surface area contributed by atoms with Gasteiger partial charge in [0.1, 0.15) is 6.04 Å². The van der Waals surface area contributed by atoms with Crippen LogP contribution in [0.3, 0.4) is 0 Å². The number of aliphatic carboxylic acids is 1. The van der Waals surface area contributed by atoms with E-state index >= 15 is 0 Å². The fourth-order valence-electron chi connectivity index (χ4n) is 1.71. The maximum atomic E-state index is 12.0. The van der Waals surface area contributed by atoms with Crippen molar-refractivity contribution in [1.29, 1.82) is 0 Å². The van der Waals surface area contributed by atoms with E-state index in [0.29, 0.717) is 19.4 Å². The topological polar surface area (TPSA) is 58.6 Å². The van der Waals surface area contributed by atoms with Crippen LogP contribution in [0.4, 0.5) is 13.2 Å². The molecule has 1 fully saturated rings. The lowest BCUT2D eigenvalue weighted by molar-refractivity contribution is -0.147. The Morgan fingerprint density at radius 3 is 2.69 bits per heavy atom. The molecule has 1 aliphatic rings. The molecule has 1 aliphatic heterocycles. The van der Waals surface area contributed by atoms with E-state index in [2.05, 4.69) is 0 Å². The minimum atomic E-state index is -4.40. The first-order chi connectivity index (χ1) is 7.40. The molecule has 0 amide bonds. The summed E-state index contributed by atoms with van der Waals surface area (Å²) in [5, 5.41) is 10.9. The molecule has 2 N–H and O–H groups in total. The van der Waals surface area contributed by atoms with E-state index in [4.69, 9.17) is 9.84 Å². The molecule has 0 radical (unpaired) electrons. The van der Waals surface area contributed by atoms with Gasteiger partial charge in [-0.15, -0.1) is 0 Å². The second-order valence-corrected chi connectivity index (χ2v) is 3.79. The van der Waals surface area contributed by atoms with Gasteiger partial charge in [0.2, 0.25) is 0 Å². The molecule has 0 spiro atoms. The van der Waals surface area contributed by atoms with Crippen molar-refractivity contribution in [2.45, 2.75) is 25.1 Å². The largest absolute Gasteiger partial charge is 0.480 e. The fourth-order valence-corrected chi connectivity index (χ4v) is 1.71. The monoisotopic (exact) mass is 241 g/mol. The first-order valence-corrected chi connectivity index (χ1v) is 5.01. The van der Waals surface area contributed by atoms with Gasteiger partial charge in [-0.25, -0.2) is 0 Å². The summed E-state index contributed by atoms with van der Waals surface area (Å²) in [5.41, 5.74) is 0. The molecule has 2 unspecified atom stereocenters. The zero-order valence-electron chi connectivity index (χ0n) is 8.59. The molecule has 7 heteroatoms. The Morgan fingerprint density at radius 2 is 2.25 bits per heavy atom. The van der Waals surface area contributed by atoms with E-state index in [-0.39, 0.29) is 6.61 Å². The molecule has 0 aromatic heterocycles. The van der Waals surface area contributed by atoms with Crippen LogP contribution in [0.25, 0.3) is 0 Å². The zero-order chi connectivity index (χ0) is 12.2. The number of alkyl halides is 3. The summed E-state index contributed by atoms with van der Waals surface area (Å²) in [6, 6.07) is -1.19. The van der Waals surface area contributed by atoms with Crippen LogP contribution in [0, 0.1) is 5.92 Å². The quantitative estimate of drug-likeness (QED) is 0.771. The predicted molar refractivity (Wildman–Crippen MR) is 49.0 cm³/mol. The highest BCUT2D eigenvalue weighted by Crippen LogP contribution is 2.19. The highest BCUT2D eigenvalue weighted by Gasteiger charge is 2.34. The first-order valence-electron chi connectivity index (χ1n) is 5.01. The summed E-state index contributed by atoms with van der Waals surface area (Å²) >= 11 is 0. The summed E-state index contributed by atoms with van der Waals surface area (Å²) in [6.07, 6.45) is -3.15. The Bertz CT molecular complexity index is 239. The lowest BCUT2D eigenvalue weighted by atomic mass is 9.94. The Labute approximate surface area is 90.8 Å². The van der Waals surface area contributed by atoms with Gasteiger partial charge in [0.25, 0.3) is 0 Å². The molecule has 2 atom stereocenters. The molecular weight excluding hydrogens is 227 g/mol. The molecule has 0 aromatic carbocycles. The Hall–Kier alpha value is -0.820. The maximum Gasteiger partial charge on any atom is 0.401 e. The number of nitrogens with one attached hydrogen (secondary N) is 1.